The summed E-state index contributed by atoms with van der Waals surface area (Å²) in [7, 11) is 2.16. The van der Waals surface area contributed by atoms with E-state index in [0.29, 0.717) is 24.7 Å². The standard InChI is InChI=1S/C32H41N3O2S/c1-20(2)17-31(34(3)23-11-12-23)33-30-5-4-16-35(30)24-13-15-28-25(18-24)32(26(36)14-8-21-6-7-21)29(38-28)19-27(37)22-9-10-22/h4-5,16-17,21-24,33H,1,6-15,18-19H2,2-3H3/b31-17-. The Bertz CT molecular complexity index is 1270. The van der Waals surface area contributed by atoms with Crippen molar-refractivity contribution in [3.63, 3.8) is 0 Å². The fourth-order valence-electron chi connectivity index (χ4n) is 5.95. The Morgan fingerprint density at radius 2 is 1.97 bits per heavy atom. The molecule has 0 aliphatic heterocycles. The number of carbonyl (C=O) groups excluding carboxylic acids is 2. The smallest absolute Gasteiger partial charge is 0.164 e. The summed E-state index contributed by atoms with van der Waals surface area (Å²) in [5, 5.41) is 3.71. The lowest BCUT2D eigenvalue weighted by Gasteiger charge is -2.29. The van der Waals surface area contributed by atoms with Gasteiger partial charge in [-0.2, -0.15) is 0 Å². The molecular weight excluding hydrogens is 490 g/mol. The number of anilines is 1. The molecule has 38 heavy (non-hydrogen) atoms. The molecule has 0 saturated heterocycles. The van der Waals surface area contributed by atoms with Crippen molar-refractivity contribution < 1.29 is 9.59 Å². The first-order valence-electron chi connectivity index (χ1n) is 14.6. The number of thiophene rings is 1. The number of hydrogen-bond donors (Lipinski definition) is 1. The molecule has 1 atom stereocenters. The predicted octanol–water partition coefficient (Wildman–Crippen LogP) is 7.10. The molecule has 0 spiro atoms. The molecule has 0 radical (unpaired) electrons. The van der Waals surface area contributed by atoms with E-state index in [4.69, 9.17) is 0 Å². The highest BCUT2D eigenvalue weighted by molar-refractivity contribution is 7.12. The number of carbonyl (C=O) groups is 2. The van der Waals surface area contributed by atoms with E-state index in [0.717, 1.165) is 72.1 Å². The van der Waals surface area contributed by atoms with Crippen LogP contribution in [0.25, 0.3) is 0 Å². The molecule has 202 valence electrons. The Morgan fingerprint density at radius 3 is 2.66 bits per heavy atom. The largest absolute Gasteiger partial charge is 0.358 e. The highest BCUT2D eigenvalue weighted by Gasteiger charge is 2.35. The number of allylic oxidation sites excluding steroid dienone is 2. The maximum atomic E-state index is 13.6. The van der Waals surface area contributed by atoms with Gasteiger partial charge in [-0.25, -0.2) is 0 Å². The van der Waals surface area contributed by atoms with Crippen LogP contribution < -0.4 is 5.32 Å². The van der Waals surface area contributed by atoms with Gasteiger partial charge in [0.1, 0.15) is 17.4 Å². The molecule has 0 amide bonds. The third kappa shape index (κ3) is 5.70. The van der Waals surface area contributed by atoms with Gasteiger partial charge < -0.3 is 14.8 Å². The molecule has 4 aliphatic carbocycles. The van der Waals surface area contributed by atoms with Crippen LogP contribution in [0.4, 0.5) is 5.82 Å². The zero-order valence-corrected chi connectivity index (χ0v) is 23.7. The van der Waals surface area contributed by atoms with Crippen LogP contribution >= 0.6 is 11.3 Å². The van der Waals surface area contributed by atoms with Crippen molar-refractivity contribution in [1.29, 1.82) is 0 Å². The van der Waals surface area contributed by atoms with Crippen LogP contribution in [0.5, 0.6) is 0 Å². The van der Waals surface area contributed by atoms with Gasteiger partial charge in [0.05, 0.1) is 0 Å². The van der Waals surface area contributed by atoms with E-state index in [1.807, 2.05) is 6.92 Å². The van der Waals surface area contributed by atoms with E-state index in [-0.39, 0.29) is 17.7 Å². The van der Waals surface area contributed by atoms with Crippen LogP contribution in [0, 0.1) is 11.8 Å². The second kappa shape index (κ2) is 10.5. The van der Waals surface area contributed by atoms with Crippen molar-refractivity contribution in [3.8, 4) is 0 Å². The summed E-state index contributed by atoms with van der Waals surface area (Å²) in [6.45, 7) is 6.15. The van der Waals surface area contributed by atoms with Gasteiger partial charge in [-0.15, -0.1) is 11.3 Å². The molecule has 3 saturated carbocycles. The second-order valence-electron chi connectivity index (χ2n) is 12.2. The second-order valence-corrected chi connectivity index (χ2v) is 13.4. The molecule has 1 N–H and O–H groups in total. The van der Waals surface area contributed by atoms with E-state index in [2.05, 4.69) is 52.8 Å². The van der Waals surface area contributed by atoms with E-state index >= 15 is 0 Å². The number of nitrogens with zero attached hydrogens (tertiary/aromatic N) is 2. The van der Waals surface area contributed by atoms with Crippen LogP contribution in [0.2, 0.25) is 0 Å². The quantitative estimate of drug-likeness (QED) is 0.221. The van der Waals surface area contributed by atoms with Crippen LogP contribution in [-0.4, -0.2) is 34.1 Å². The molecule has 2 aromatic heterocycles. The number of hydrogen-bond acceptors (Lipinski definition) is 5. The first kappa shape index (κ1) is 25.7. The summed E-state index contributed by atoms with van der Waals surface area (Å²) in [4.78, 5) is 31.1. The number of fused-ring (bicyclic) bond motifs is 1. The van der Waals surface area contributed by atoms with Gasteiger partial charge in [0, 0.05) is 59.4 Å². The Labute approximate surface area is 231 Å². The normalized spacial score (nSPS) is 21.2. The highest BCUT2D eigenvalue weighted by Crippen LogP contribution is 2.42. The summed E-state index contributed by atoms with van der Waals surface area (Å²) < 4.78 is 2.36. The monoisotopic (exact) mass is 531 g/mol. The van der Waals surface area contributed by atoms with Gasteiger partial charge in [0.25, 0.3) is 0 Å². The molecule has 0 aromatic carbocycles. The minimum absolute atomic E-state index is 0.236. The Kier molecular flexibility index (Phi) is 7.10. The average Bonchev–Trinajstić information content (AvgIpc) is 3.77. The van der Waals surface area contributed by atoms with Gasteiger partial charge in [0.15, 0.2) is 5.78 Å². The van der Waals surface area contributed by atoms with Crippen molar-refractivity contribution in [2.45, 2.75) is 96.1 Å². The summed E-state index contributed by atoms with van der Waals surface area (Å²) >= 11 is 1.76. The first-order valence-corrected chi connectivity index (χ1v) is 15.4. The maximum absolute atomic E-state index is 13.6. The van der Waals surface area contributed by atoms with Crippen molar-refractivity contribution in [3.05, 3.63) is 63.3 Å². The molecule has 2 aromatic rings. The summed E-state index contributed by atoms with van der Waals surface area (Å²) in [6.07, 6.45) is 16.3. The number of rotatable bonds is 13. The van der Waals surface area contributed by atoms with E-state index in [1.165, 1.54) is 36.1 Å². The van der Waals surface area contributed by atoms with E-state index in [1.54, 1.807) is 11.3 Å². The van der Waals surface area contributed by atoms with Gasteiger partial charge >= 0.3 is 0 Å². The summed E-state index contributed by atoms with van der Waals surface area (Å²) in [5.41, 5.74) is 3.18. The first-order chi connectivity index (χ1) is 18.4. The fourth-order valence-corrected chi connectivity index (χ4v) is 7.33. The molecule has 3 fully saturated rings. The average molecular weight is 532 g/mol. The zero-order chi connectivity index (χ0) is 26.4. The van der Waals surface area contributed by atoms with Gasteiger partial charge in [-0.05, 0) is 88.0 Å². The van der Waals surface area contributed by atoms with Crippen molar-refractivity contribution in [1.82, 2.24) is 9.47 Å². The third-order valence-corrected chi connectivity index (χ3v) is 10.0. The van der Waals surface area contributed by atoms with Crippen LogP contribution in [-0.2, 0) is 24.1 Å². The zero-order valence-electron chi connectivity index (χ0n) is 22.9. The summed E-state index contributed by atoms with van der Waals surface area (Å²) in [5.74, 6) is 3.76. The Hall–Kier alpha value is -2.60. The van der Waals surface area contributed by atoms with Crippen molar-refractivity contribution in [2.24, 2.45) is 11.8 Å². The van der Waals surface area contributed by atoms with Crippen molar-refractivity contribution in [2.75, 3.05) is 12.4 Å². The van der Waals surface area contributed by atoms with Crippen LogP contribution in [0.3, 0.4) is 0 Å². The predicted molar refractivity (Wildman–Crippen MR) is 155 cm³/mol. The Balaban J connectivity index is 1.25. The molecule has 0 bridgehead atoms. The fraction of sp³-hybridized carbons (Fsp3) is 0.562. The third-order valence-electron chi connectivity index (χ3n) is 8.72. The topological polar surface area (TPSA) is 54.3 Å². The van der Waals surface area contributed by atoms with Gasteiger partial charge in [0.2, 0.25) is 0 Å². The van der Waals surface area contributed by atoms with Crippen molar-refractivity contribution >= 4 is 28.7 Å². The number of Topliss-reactive ketones (excluding diaryl/α,β-unsaturated/α-hetero) is 2. The van der Waals surface area contributed by atoms with Crippen LogP contribution in [0.1, 0.15) is 96.4 Å². The molecule has 5 nitrogen and oxygen atoms in total. The molecule has 4 aliphatic rings. The number of nitrogens with one attached hydrogen (secondary N) is 1. The van der Waals surface area contributed by atoms with Gasteiger partial charge in [-0.3, -0.25) is 9.59 Å². The molecule has 2 heterocycles. The molecule has 6 heteroatoms. The summed E-state index contributed by atoms with van der Waals surface area (Å²) in [6, 6.07) is 5.15. The van der Waals surface area contributed by atoms with Crippen LogP contribution in [0.15, 0.2) is 42.4 Å². The molecule has 1 unspecified atom stereocenters. The highest BCUT2D eigenvalue weighted by atomic mass is 32.1. The number of ketones is 2. The van der Waals surface area contributed by atoms with Gasteiger partial charge in [-0.1, -0.05) is 25.0 Å². The minimum atomic E-state index is 0.236. The lowest BCUT2D eigenvalue weighted by atomic mass is 9.88. The number of aromatic nitrogens is 1. The molecular formula is C32H41N3O2S. The number of aryl methyl sites for hydroxylation is 1. The lowest BCUT2D eigenvalue weighted by Crippen LogP contribution is -2.27. The maximum Gasteiger partial charge on any atom is 0.164 e. The SMILES string of the molecule is C=C(C)/C=C(/Nc1cccn1C1CCc2sc(CC(=O)C3CC3)c(C(=O)CCC3CC3)c2C1)N(C)C1CC1. The minimum Gasteiger partial charge on any atom is -0.358 e. The van der Waals surface area contributed by atoms with E-state index in [9.17, 15) is 9.59 Å². The Morgan fingerprint density at radius 1 is 1.18 bits per heavy atom. The lowest BCUT2D eigenvalue weighted by molar-refractivity contribution is -0.119. The van der Waals surface area contributed by atoms with E-state index < -0.39 is 0 Å². The molecule has 6 rings (SSSR count).